The van der Waals surface area contributed by atoms with E-state index in [0.29, 0.717) is 40.3 Å². The molecule has 0 spiro atoms. The van der Waals surface area contributed by atoms with Gasteiger partial charge in [-0.05, 0) is 26.0 Å². The van der Waals surface area contributed by atoms with Gasteiger partial charge in [-0.15, -0.1) is 0 Å². The lowest BCUT2D eigenvalue weighted by molar-refractivity contribution is 0.0957. The molecule has 3 N–H and O–H groups in total. The number of fused-ring (bicyclic) bond motifs is 1. The lowest BCUT2D eigenvalue weighted by Gasteiger charge is -2.05. The number of thiazole rings is 1. The van der Waals surface area contributed by atoms with Crippen LogP contribution >= 0.6 is 11.3 Å². The molecule has 0 radical (unpaired) electrons. The number of para-hydroxylation sites is 1. The molecule has 0 aliphatic carbocycles. The lowest BCUT2D eigenvalue weighted by atomic mass is 10.2. The van der Waals surface area contributed by atoms with Crippen LogP contribution in [0, 0.1) is 6.92 Å². The van der Waals surface area contributed by atoms with E-state index in [1.54, 1.807) is 18.2 Å². The molecule has 8 heteroatoms. The van der Waals surface area contributed by atoms with Crippen LogP contribution in [0.25, 0.3) is 10.9 Å². The predicted molar refractivity (Wildman–Crippen MR) is 99.4 cm³/mol. The molecule has 3 aromatic rings. The highest BCUT2D eigenvalue weighted by molar-refractivity contribution is 7.17. The van der Waals surface area contributed by atoms with E-state index in [-0.39, 0.29) is 11.5 Å². The number of anilines is 1. The summed E-state index contributed by atoms with van der Waals surface area (Å²) in [5.41, 5.74) is 1.19. The van der Waals surface area contributed by atoms with Gasteiger partial charge in [0.05, 0.1) is 16.6 Å². The van der Waals surface area contributed by atoms with E-state index < -0.39 is 0 Å². The first-order chi connectivity index (χ1) is 12.1. The summed E-state index contributed by atoms with van der Waals surface area (Å²) in [6, 6.07) is 7.18. The average Bonchev–Trinajstić information content (AvgIpc) is 2.96. The van der Waals surface area contributed by atoms with Crippen LogP contribution in [0.3, 0.4) is 0 Å². The number of nitrogens with zero attached hydrogens (tertiary/aromatic N) is 2. The first kappa shape index (κ1) is 17.1. The minimum atomic E-state index is -0.166. The summed E-state index contributed by atoms with van der Waals surface area (Å²) >= 11 is 1.34. The molecule has 0 atom stereocenters. The topological polar surface area (TPSA) is 99.8 Å². The van der Waals surface area contributed by atoms with Crippen molar-refractivity contribution in [1.29, 1.82) is 0 Å². The number of benzene rings is 1. The van der Waals surface area contributed by atoms with Crippen molar-refractivity contribution in [1.82, 2.24) is 20.3 Å². The first-order valence-electron chi connectivity index (χ1n) is 8.06. The molecular formula is C17H19N5O2S. The van der Waals surface area contributed by atoms with Gasteiger partial charge in [0, 0.05) is 19.5 Å². The Bertz CT molecular complexity index is 963. The van der Waals surface area contributed by atoms with E-state index in [4.69, 9.17) is 0 Å². The van der Waals surface area contributed by atoms with Gasteiger partial charge in [-0.2, -0.15) is 0 Å². The molecule has 2 heterocycles. The van der Waals surface area contributed by atoms with E-state index >= 15 is 0 Å². The van der Waals surface area contributed by atoms with Gasteiger partial charge in [0.15, 0.2) is 5.13 Å². The second-order valence-corrected chi connectivity index (χ2v) is 6.50. The normalized spacial score (nSPS) is 10.8. The van der Waals surface area contributed by atoms with Crippen LogP contribution < -0.4 is 16.2 Å². The van der Waals surface area contributed by atoms with Gasteiger partial charge >= 0.3 is 0 Å². The highest BCUT2D eigenvalue weighted by atomic mass is 32.1. The Hall–Kier alpha value is -2.74. The number of aromatic amines is 1. The monoisotopic (exact) mass is 357 g/mol. The third kappa shape index (κ3) is 3.85. The minimum absolute atomic E-state index is 0.165. The maximum atomic E-state index is 12.3. The Morgan fingerprint density at radius 3 is 2.88 bits per heavy atom. The summed E-state index contributed by atoms with van der Waals surface area (Å²) < 4.78 is 0. The number of hydrogen-bond donors (Lipinski definition) is 3. The van der Waals surface area contributed by atoms with E-state index in [1.807, 2.05) is 19.9 Å². The molecule has 0 saturated heterocycles. The molecule has 0 fully saturated rings. The van der Waals surface area contributed by atoms with Crippen molar-refractivity contribution in [2.75, 3.05) is 18.4 Å². The molecule has 1 amide bonds. The van der Waals surface area contributed by atoms with Crippen LogP contribution in [0.15, 0.2) is 29.1 Å². The van der Waals surface area contributed by atoms with Crippen molar-refractivity contribution in [3.05, 3.63) is 51.0 Å². The molecule has 7 nitrogen and oxygen atoms in total. The van der Waals surface area contributed by atoms with Gasteiger partial charge in [-0.25, -0.2) is 9.97 Å². The van der Waals surface area contributed by atoms with Crippen molar-refractivity contribution >= 4 is 33.3 Å². The number of nitrogens with one attached hydrogen (secondary N) is 3. The number of carbonyl (C=O) groups is 1. The molecule has 2 aromatic heterocycles. The molecular weight excluding hydrogens is 338 g/mol. The third-order valence-corrected chi connectivity index (χ3v) is 4.75. The zero-order valence-electron chi connectivity index (χ0n) is 14.0. The smallest absolute Gasteiger partial charge is 0.263 e. The van der Waals surface area contributed by atoms with Gasteiger partial charge in [-0.3, -0.25) is 9.59 Å². The maximum Gasteiger partial charge on any atom is 0.263 e. The standard InChI is InChI=1S/C17H19N5O2S/c1-3-18-17-20-10(2)14(25-17)16(24)19-9-8-13-21-12-7-5-4-6-11(12)15(23)22-13/h4-7H,3,8-9H2,1-2H3,(H,18,20)(H,19,24)(H,21,22,23). The predicted octanol–water partition coefficient (Wildman–Crippen LogP) is 2.09. The Labute approximate surface area is 148 Å². The zero-order chi connectivity index (χ0) is 17.8. The lowest BCUT2D eigenvalue weighted by Crippen LogP contribution is -2.26. The van der Waals surface area contributed by atoms with Crippen molar-refractivity contribution in [2.24, 2.45) is 0 Å². The van der Waals surface area contributed by atoms with E-state index in [0.717, 1.165) is 11.7 Å². The molecule has 0 saturated carbocycles. The zero-order valence-corrected chi connectivity index (χ0v) is 14.9. The van der Waals surface area contributed by atoms with Crippen molar-refractivity contribution < 1.29 is 4.79 Å². The van der Waals surface area contributed by atoms with Crippen LogP contribution in [0.4, 0.5) is 5.13 Å². The Kier molecular flexibility index (Phi) is 5.08. The van der Waals surface area contributed by atoms with Crippen LogP contribution in [-0.2, 0) is 6.42 Å². The highest BCUT2D eigenvalue weighted by Gasteiger charge is 2.14. The van der Waals surface area contributed by atoms with Crippen molar-refractivity contribution in [3.63, 3.8) is 0 Å². The number of aryl methyl sites for hydroxylation is 1. The number of aromatic nitrogens is 3. The molecule has 0 bridgehead atoms. The first-order valence-corrected chi connectivity index (χ1v) is 8.87. The number of rotatable bonds is 6. The summed E-state index contributed by atoms with van der Waals surface area (Å²) in [7, 11) is 0. The quantitative estimate of drug-likeness (QED) is 0.627. The second-order valence-electron chi connectivity index (χ2n) is 5.50. The fraction of sp³-hybridized carbons (Fsp3) is 0.294. The number of amides is 1. The van der Waals surface area contributed by atoms with E-state index in [9.17, 15) is 9.59 Å². The molecule has 0 aliphatic heterocycles. The van der Waals surface area contributed by atoms with Gasteiger partial charge in [0.2, 0.25) is 0 Å². The average molecular weight is 357 g/mol. The van der Waals surface area contributed by atoms with Gasteiger partial charge in [0.1, 0.15) is 10.7 Å². The van der Waals surface area contributed by atoms with Gasteiger partial charge < -0.3 is 15.6 Å². The summed E-state index contributed by atoms with van der Waals surface area (Å²) in [6.07, 6.45) is 0.448. The van der Waals surface area contributed by atoms with Crippen LogP contribution in [-0.4, -0.2) is 33.9 Å². The molecule has 25 heavy (non-hydrogen) atoms. The molecule has 1 aromatic carbocycles. The van der Waals surface area contributed by atoms with Crippen LogP contribution in [0.1, 0.15) is 28.1 Å². The van der Waals surface area contributed by atoms with E-state index in [2.05, 4.69) is 25.6 Å². The van der Waals surface area contributed by atoms with Gasteiger partial charge in [0.25, 0.3) is 11.5 Å². The largest absolute Gasteiger partial charge is 0.362 e. The Balaban J connectivity index is 1.65. The second kappa shape index (κ2) is 7.43. The van der Waals surface area contributed by atoms with Crippen LogP contribution in [0.2, 0.25) is 0 Å². The Morgan fingerprint density at radius 1 is 1.28 bits per heavy atom. The minimum Gasteiger partial charge on any atom is -0.362 e. The fourth-order valence-electron chi connectivity index (χ4n) is 2.46. The number of carbonyl (C=O) groups excluding carboxylic acids is 1. The third-order valence-electron chi connectivity index (χ3n) is 3.64. The van der Waals surface area contributed by atoms with Crippen molar-refractivity contribution in [3.8, 4) is 0 Å². The molecule has 0 aliphatic rings. The van der Waals surface area contributed by atoms with Gasteiger partial charge in [-0.1, -0.05) is 23.5 Å². The summed E-state index contributed by atoms with van der Waals surface area (Å²) in [5, 5.41) is 7.26. The highest BCUT2D eigenvalue weighted by Crippen LogP contribution is 2.22. The summed E-state index contributed by atoms with van der Waals surface area (Å²) in [6.45, 7) is 4.94. The fourth-order valence-corrected chi connectivity index (χ4v) is 3.41. The number of H-pyrrole nitrogens is 1. The summed E-state index contributed by atoms with van der Waals surface area (Å²) in [4.78, 5) is 36.4. The number of hydrogen-bond acceptors (Lipinski definition) is 6. The van der Waals surface area contributed by atoms with E-state index in [1.165, 1.54) is 11.3 Å². The Morgan fingerprint density at radius 2 is 2.08 bits per heavy atom. The SMILES string of the molecule is CCNc1nc(C)c(C(=O)NCCc2nc3ccccc3c(=O)[nH]2)s1. The molecule has 3 rings (SSSR count). The van der Waals surface area contributed by atoms with Crippen LogP contribution in [0.5, 0.6) is 0 Å². The summed E-state index contributed by atoms with van der Waals surface area (Å²) in [5.74, 6) is 0.389. The molecule has 0 unspecified atom stereocenters. The maximum absolute atomic E-state index is 12.3. The van der Waals surface area contributed by atoms with Crippen molar-refractivity contribution in [2.45, 2.75) is 20.3 Å². The molecule has 130 valence electrons.